The number of benzene rings is 1. The van der Waals surface area contributed by atoms with E-state index in [4.69, 9.17) is 10.5 Å². The van der Waals surface area contributed by atoms with Crippen molar-refractivity contribution in [1.82, 2.24) is 5.32 Å². The maximum atomic E-state index is 11.2. The zero-order valence-corrected chi connectivity index (χ0v) is 15.0. The minimum Gasteiger partial charge on any atom is -0.368 e. The Labute approximate surface area is 145 Å². The summed E-state index contributed by atoms with van der Waals surface area (Å²) in [5, 5.41) is 3.44. The van der Waals surface area contributed by atoms with E-state index in [1.807, 2.05) is 36.6 Å². The second-order valence-electron chi connectivity index (χ2n) is 5.97. The van der Waals surface area contributed by atoms with Crippen molar-refractivity contribution in [2.45, 2.75) is 44.9 Å². The molecule has 0 saturated carbocycles. The van der Waals surface area contributed by atoms with Gasteiger partial charge in [0, 0.05) is 30.8 Å². The average molecular weight is 338 g/mol. The minimum absolute atomic E-state index is 0.0163. The third-order valence-corrected chi connectivity index (χ3v) is 4.55. The lowest BCUT2D eigenvalue weighted by molar-refractivity contribution is 0.0637. The Morgan fingerprint density at radius 2 is 2.04 bits per heavy atom. The average Bonchev–Trinajstić information content (AvgIpc) is 2.60. The molecule has 0 bridgehead atoms. The maximum Gasteiger partial charge on any atom is 0.230 e. The topological polar surface area (TPSA) is 64.3 Å². The molecule has 129 valence electrons. The van der Waals surface area contributed by atoms with Crippen LogP contribution in [0.5, 0.6) is 0 Å². The summed E-state index contributed by atoms with van der Waals surface area (Å²) in [5.74, 6) is 1.07. The van der Waals surface area contributed by atoms with Crippen LogP contribution in [0.15, 0.2) is 30.3 Å². The summed E-state index contributed by atoms with van der Waals surface area (Å²) in [6, 6.07) is 10.0. The molecule has 0 aliphatic carbocycles. The van der Waals surface area contributed by atoms with Crippen molar-refractivity contribution in [3.05, 3.63) is 35.9 Å². The van der Waals surface area contributed by atoms with Gasteiger partial charge >= 0.3 is 0 Å². The number of thiol groups is 1. The van der Waals surface area contributed by atoms with Crippen LogP contribution >= 0.6 is 12.6 Å². The van der Waals surface area contributed by atoms with E-state index in [9.17, 15) is 4.79 Å². The standard InChI is InChI=1S/C18H29N2O2S/c1-3-14(2)18(20-10-16(19)13-23)12-22-17(11-21)9-15-7-5-4-6-8-15/h4-8,14,16-18,20,23H,3,9-10,12-13,19H2,1-2H3/t14-,16?,17+,18?/m0/s1. The number of rotatable bonds is 12. The van der Waals surface area contributed by atoms with Gasteiger partial charge in [-0.2, -0.15) is 12.6 Å². The summed E-state index contributed by atoms with van der Waals surface area (Å²) in [6.45, 7) is 5.48. The molecule has 1 radical (unpaired) electrons. The van der Waals surface area contributed by atoms with Crippen LogP contribution in [0.2, 0.25) is 0 Å². The second-order valence-corrected chi connectivity index (χ2v) is 6.34. The Morgan fingerprint density at radius 3 is 2.61 bits per heavy atom. The molecule has 0 amide bonds. The molecule has 23 heavy (non-hydrogen) atoms. The zero-order chi connectivity index (χ0) is 17.1. The van der Waals surface area contributed by atoms with Gasteiger partial charge in [-0.05, 0) is 11.5 Å². The van der Waals surface area contributed by atoms with Gasteiger partial charge in [-0.1, -0.05) is 50.6 Å². The molecule has 4 atom stereocenters. The van der Waals surface area contributed by atoms with Crippen LogP contribution in [0.25, 0.3) is 0 Å². The molecule has 1 aromatic carbocycles. The van der Waals surface area contributed by atoms with Crippen LogP contribution < -0.4 is 11.1 Å². The fourth-order valence-corrected chi connectivity index (χ4v) is 2.39. The Morgan fingerprint density at radius 1 is 1.35 bits per heavy atom. The summed E-state index contributed by atoms with van der Waals surface area (Å²) >= 11 is 4.20. The summed E-state index contributed by atoms with van der Waals surface area (Å²) in [4.78, 5) is 11.2. The van der Waals surface area contributed by atoms with Crippen LogP contribution in [0.3, 0.4) is 0 Å². The van der Waals surface area contributed by atoms with Gasteiger partial charge in [0.05, 0.1) is 6.61 Å². The van der Waals surface area contributed by atoms with Crippen molar-refractivity contribution >= 4 is 18.9 Å². The van der Waals surface area contributed by atoms with Crippen molar-refractivity contribution < 1.29 is 9.53 Å². The van der Waals surface area contributed by atoms with Gasteiger partial charge in [-0.15, -0.1) is 0 Å². The molecule has 1 rings (SSSR count). The normalized spacial score (nSPS) is 16.5. The molecule has 0 fully saturated rings. The molecular formula is C18H29N2O2S. The van der Waals surface area contributed by atoms with E-state index in [0.29, 0.717) is 31.2 Å². The van der Waals surface area contributed by atoms with E-state index >= 15 is 0 Å². The van der Waals surface area contributed by atoms with E-state index in [2.05, 4.69) is 31.8 Å². The minimum atomic E-state index is -0.538. The summed E-state index contributed by atoms with van der Waals surface area (Å²) in [5.41, 5.74) is 6.98. The van der Waals surface area contributed by atoms with Crippen molar-refractivity contribution in [3.8, 4) is 0 Å². The number of hydrogen-bond donors (Lipinski definition) is 3. The van der Waals surface area contributed by atoms with Gasteiger partial charge in [0.25, 0.3) is 0 Å². The third kappa shape index (κ3) is 7.97. The van der Waals surface area contributed by atoms with Crippen LogP contribution in [-0.2, 0) is 16.0 Å². The molecule has 4 nitrogen and oxygen atoms in total. The largest absolute Gasteiger partial charge is 0.368 e. The number of nitrogens with one attached hydrogen (secondary N) is 1. The number of carbonyl (C=O) groups excluding carboxylic acids is 1. The van der Waals surface area contributed by atoms with Gasteiger partial charge in [0.2, 0.25) is 6.29 Å². The molecular weight excluding hydrogens is 308 g/mol. The number of hydrogen-bond acceptors (Lipinski definition) is 5. The molecule has 0 aliphatic heterocycles. The van der Waals surface area contributed by atoms with Gasteiger partial charge in [0.15, 0.2) is 0 Å². The van der Waals surface area contributed by atoms with Gasteiger partial charge in [-0.25, -0.2) is 0 Å². The highest BCUT2D eigenvalue weighted by Gasteiger charge is 2.19. The lowest BCUT2D eigenvalue weighted by Crippen LogP contribution is -2.46. The first kappa shape index (κ1) is 20.2. The van der Waals surface area contributed by atoms with E-state index in [1.165, 1.54) is 0 Å². The lowest BCUT2D eigenvalue weighted by atomic mass is 9.99. The SMILES string of the molecule is CC[C@H](C)C(CO[C@@H]([C]=O)Cc1ccccc1)NCC(N)CS. The van der Waals surface area contributed by atoms with Crippen LogP contribution in [0, 0.1) is 5.92 Å². The van der Waals surface area contributed by atoms with E-state index in [0.717, 1.165) is 12.0 Å². The van der Waals surface area contributed by atoms with Crippen LogP contribution in [-0.4, -0.2) is 43.4 Å². The maximum absolute atomic E-state index is 11.2. The quantitative estimate of drug-likeness (QED) is 0.510. The highest BCUT2D eigenvalue weighted by Crippen LogP contribution is 2.11. The molecule has 0 heterocycles. The summed E-state index contributed by atoms with van der Waals surface area (Å²) in [7, 11) is 0. The first-order valence-corrected chi connectivity index (χ1v) is 8.86. The first-order chi connectivity index (χ1) is 11.1. The molecule has 2 unspecified atom stereocenters. The Hall–Kier alpha value is -0.880. The van der Waals surface area contributed by atoms with Crippen LogP contribution in [0.1, 0.15) is 25.8 Å². The predicted molar refractivity (Wildman–Crippen MR) is 98.7 cm³/mol. The first-order valence-electron chi connectivity index (χ1n) is 8.23. The van der Waals surface area contributed by atoms with E-state index in [1.54, 1.807) is 0 Å². The van der Waals surface area contributed by atoms with Gasteiger partial charge in [-0.3, -0.25) is 4.79 Å². The molecule has 5 heteroatoms. The second kappa shape index (κ2) is 11.6. The molecule has 0 spiro atoms. The third-order valence-electron chi connectivity index (χ3n) is 4.08. The fraction of sp³-hybridized carbons (Fsp3) is 0.611. The zero-order valence-electron chi connectivity index (χ0n) is 14.1. The highest BCUT2D eigenvalue weighted by molar-refractivity contribution is 7.80. The van der Waals surface area contributed by atoms with E-state index < -0.39 is 6.10 Å². The molecule has 3 N–H and O–H groups in total. The number of nitrogens with two attached hydrogens (primary N) is 1. The van der Waals surface area contributed by atoms with Gasteiger partial charge < -0.3 is 15.8 Å². The van der Waals surface area contributed by atoms with Crippen molar-refractivity contribution in [3.63, 3.8) is 0 Å². The summed E-state index contributed by atoms with van der Waals surface area (Å²) < 4.78 is 5.80. The van der Waals surface area contributed by atoms with Crippen molar-refractivity contribution in [2.75, 3.05) is 18.9 Å². The van der Waals surface area contributed by atoms with E-state index in [-0.39, 0.29) is 12.1 Å². The summed E-state index contributed by atoms with van der Waals surface area (Å²) in [6.07, 6.45) is 3.05. The Balaban J connectivity index is 2.51. The predicted octanol–water partition coefficient (Wildman–Crippen LogP) is 1.99. The fourth-order valence-electron chi connectivity index (χ4n) is 2.26. The molecule has 0 aliphatic rings. The molecule has 1 aromatic rings. The monoisotopic (exact) mass is 337 g/mol. The Kier molecular flexibility index (Phi) is 10.2. The Bertz CT molecular complexity index is 430. The lowest BCUT2D eigenvalue weighted by Gasteiger charge is -2.26. The number of ether oxygens (including phenoxy) is 1. The molecule has 0 saturated heterocycles. The van der Waals surface area contributed by atoms with Crippen LogP contribution in [0.4, 0.5) is 0 Å². The van der Waals surface area contributed by atoms with Gasteiger partial charge in [0.1, 0.15) is 6.10 Å². The van der Waals surface area contributed by atoms with Crippen molar-refractivity contribution in [2.24, 2.45) is 11.7 Å². The highest BCUT2D eigenvalue weighted by atomic mass is 32.1. The van der Waals surface area contributed by atoms with Crippen molar-refractivity contribution in [1.29, 1.82) is 0 Å². The smallest absolute Gasteiger partial charge is 0.230 e. The molecule has 0 aromatic heterocycles.